The lowest BCUT2D eigenvalue weighted by Crippen LogP contribution is -2.08. The van der Waals surface area contributed by atoms with E-state index in [4.69, 9.17) is 11.1 Å². The van der Waals surface area contributed by atoms with E-state index >= 15 is 0 Å². The van der Waals surface area contributed by atoms with E-state index in [0.29, 0.717) is 9.09 Å². The SMILES string of the molecule is CSc1sc(C(=N)N)cc1S(=O)(=O)c1cccc(-c2ccc3c(c2)ncn3C)c1. The molecular formula is C20H18N4O2S3. The third-order valence-corrected chi connectivity index (χ3v) is 8.95. The van der Waals surface area contributed by atoms with E-state index in [9.17, 15) is 8.42 Å². The van der Waals surface area contributed by atoms with Gasteiger partial charge in [-0.2, -0.15) is 0 Å². The van der Waals surface area contributed by atoms with Gasteiger partial charge < -0.3 is 10.3 Å². The number of rotatable bonds is 5. The van der Waals surface area contributed by atoms with Crippen molar-refractivity contribution in [1.82, 2.24) is 9.55 Å². The van der Waals surface area contributed by atoms with Crippen molar-refractivity contribution in [2.24, 2.45) is 12.8 Å². The Bertz CT molecular complexity index is 1350. The van der Waals surface area contributed by atoms with Crippen LogP contribution in [0.3, 0.4) is 0 Å². The molecular weight excluding hydrogens is 424 g/mol. The summed E-state index contributed by atoms with van der Waals surface area (Å²) in [4.78, 5) is 5.23. The maximum Gasteiger partial charge on any atom is 0.208 e. The highest BCUT2D eigenvalue weighted by molar-refractivity contribution is 8.01. The Balaban J connectivity index is 1.81. The van der Waals surface area contributed by atoms with Gasteiger partial charge in [-0.15, -0.1) is 23.1 Å². The standard InChI is InChI=1S/C20H18N4O2S3/c1-24-11-23-15-9-13(6-7-16(15)24)12-4-3-5-14(8-12)29(25,26)18-10-17(19(21)22)28-20(18)27-2/h3-11H,1-2H3,(H3,21,22). The van der Waals surface area contributed by atoms with Crippen LogP contribution in [0.1, 0.15) is 4.88 Å². The first-order chi connectivity index (χ1) is 13.8. The van der Waals surface area contributed by atoms with Crippen molar-refractivity contribution in [3.63, 3.8) is 0 Å². The molecule has 0 unspecified atom stereocenters. The average Bonchev–Trinajstić information content (AvgIpc) is 3.32. The molecule has 0 saturated heterocycles. The summed E-state index contributed by atoms with van der Waals surface area (Å²) >= 11 is 2.55. The lowest BCUT2D eigenvalue weighted by molar-refractivity contribution is 0.595. The van der Waals surface area contributed by atoms with Crippen LogP contribution >= 0.6 is 23.1 Å². The first-order valence-electron chi connectivity index (χ1n) is 8.60. The van der Waals surface area contributed by atoms with Gasteiger partial charge in [0.05, 0.1) is 36.2 Å². The molecule has 0 saturated carbocycles. The van der Waals surface area contributed by atoms with Crippen LogP contribution in [0.4, 0.5) is 0 Å². The molecule has 0 amide bonds. The summed E-state index contributed by atoms with van der Waals surface area (Å²) in [6.45, 7) is 0. The second kappa shape index (κ2) is 7.33. The Morgan fingerprint density at radius 2 is 1.93 bits per heavy atom. The molecule has 0 aliphatic rings. The molecule has 0 bridgehead atoms. The molecule has 9 heteroatoms. The number of nitrogen functional groups attached to an aromatic ring is 1. The van der Waals surface area contributed by atoms with Crippen LogP contribution in [-0.2, 0) is 16.9 Å². The lowest BCUT2D eigenvalue weighted by Gasteiger charge is -2.08. The van der Waals surface area contributed by atoms with E-state index in [-0.39, 0.29) is 15.6 Å². The van der Waals surface area contributed by atoms with Gasteiger partial charge in [-0.3, -0.25) is 5.41 Å². The van der Waals surface area contributed by atoms with Crippen LogP contribution in [0.15, 0.2) is 68.9 Å². The fourth-order valence-corrected chi connectivity index (χ4v) is 7.01. The minimum Gasteiger partial charge on any atom is -0.383 e. The van der Waals surface area contributed by atoms with E-state index in [2.05, 4.69) is 4.98 Å². The molecule has 0 spiro atoms. The zero-order valence-corrected chi connectivity index (χ0v) is 18.2. The van der Waals surface area contributed by atoms with Gasteiger partial charge in [0.15, 0.2) is 0 Å². The Hall–Kier alpha value is -2.62. The molecule has 148 valence electrons. The predicted molar refractivity (Wildman–Crippen MR) is 119 cm³/mol. The number of amidine groups is 1. The second-order valence-electron chi connectivity index (χ2n) is 6.47. The molecule has 0 aliphatic heterocycles. The highest BCUT2D eigenvalue weighted by Gasteiger charge is 2.25. The number of nitrogens with zero attached hydrogens (tertiary/aromatic N) is 2. The van der Waals surface area contributed by atoms with Gasteiger partial charge in [-0.05, 0) is 47.7 Å². The molecule has 4 aromatic rings. The summed E-state index contributed by atoms with van der Waals surface area (Å²) in [5.41, 5.74) is 9.12. The van der Waals surface area contributed by atoms with Gasteiger partial charge in [0.1, 0.15) is 5.84 Å². The number of hydrogen-bond donors (Lipinski definition) is 2. The molecule has 0 fully saturated rings. The quantitative estimate of drug-likeness (QED) is 0.275. The van der Waals surface area contributed by atoms with Crippen molar-refractivity contribution < 1.29 is 8.42 Å². The number of aryl methyl sites for hydroxylation is 1. The van der Waals surface area contributed by atoms with Crippen molar-refractivity contribution in [2.45, 2.75) is 14.0 Å². The van der Waals surface area contributed by atoms with Crippen LogP contribution < -0.4 is 5.73 Å². The largest absolute Gasteiger partial charge is 0.383 e. The number of benzene rings is 2. The van der Waals surface area contributed by atoms with Gasteiger partial charge in [0.25, 0.3) is 0 Å². The number of fused-ring (bicyclic) bond motifs is 1. The summed E-state index contributed by atoms with van der Waals surface area (Å²) < 4.78 is 29.2. The third-order valence-electron chi connectivity index (χ3n) is 4.61. The molecule has 2 aromatic carbocycles. The number of sulfone groups is 1. The van der Waals surface area contributed by atoms with Gasteiger partial charge in [0, 0.05) is 7.05 Å². The second-order valence-corrected chi connectivity index (χ2v) is 10.5. The summed E-state index contributed by atoms with van der Waals surface area (Å²) in [6, 6.07) is 14.3. The third kappa shape index (κ3) is 3.45. The Labute approximate surface area is 176 Å². The van der Waals surface area contributed by atoms with Crippen molar-refractivity contribution in [2.75, 3.05) is 6.26 Å². The van der Waals surface area contributed by atoms with Crippen molar-refractivity contribution in [3.8, 4) is 11.1 Å². The highest BCUT2D eigenvalue weighted by Crippen LogP contribution is 2.37. The normalized spacial score (nSPS) is 11.8. The lowest BCUT2D eigenvalue weighted by atomic mass is 10.1. The first-order valence-corrected chi connectivity index (χ1v) is 12.1. The van der Waals surface area contributed by atoms with E-state index in [0.717, 1.165) is 22.2 Å². The van der Waals surface area contributed by atoms with Crippen LogP contribution in [0.25, 0.3) is 22.2 Å². The molecule has 3 N–H and O–H groups in total. The monoisotopic (exact) mass is 442 g/mol. The average molecular weight is 443 g/mol. The molecule has 2 heterocycles. The topological polar surface area (TPSA) is 102 Å². The highest BCUT2D eigenvalue weighted by atomic mass is 32.2. The maximum atomic E-state index is 13.3. The van der Waals surface area contributed by atoms with Crippen LogP contribution in [0.5, 0.6) is 0 Å². The van der Waals surface area contributed by atoms with Crippen molar-refractivity contribution in [1.29, 1.82) is 5.41 Å². The van der Waals surface area contributed by atoms with E-state index in [1.54, 1.807) is 24.5 Å². The Morgan fingerprint density at radius 1 is 1.17 bits per heavy atom. The number of nitrogens with one attached hydrogen (secondary N) is 1. The van der Waals surface area contributed by atoms with Gasteiger partial charge in [-0.1, -0.05) is 18.2 Å². The zero-order valence-electron chi connectivity index (χ0n) is 15.7. The molecule has 4 rings (SSSR count). The van der Waals surface area contributed by atoms with Crippen LogP contribution in [0.2, 0.25) is 0 Å². The van der Waals surface area contributed by atoms with Crippen LogP contribution in [0, 0.1) is 5.41 Å². The Morgan fingerprint density at radius 3 is 2.66 bits per heavy atom. The fraction of sp³-hybridized carbons (Fsp3) is 0.100. The molecule has 0 atom stereocenters. The van der Waals surface area contributed by atoms with Gasteiger partial charge in [0.2, 0.25) is 9.84 Å². The molecule has 0 aliphatic carbocycles. The maximum absolute atomic E-state index is 13.3. The summed E-state index contributed by atoms with van der Waals surface area (Å²) in [5, 5.41) is 7.62. The minimum absolute atomic E-state index is 0.135. The summed E-state index contributed by atoms with van der Waals surface area (Å²) in [6.07, 6.45) is 3.57. The van der Waals surface area contributed by atoms with Gasteiger partial charge in [-0.25, -0.2) is 13.4 Å². The number of aromatic nitrogens is 2. The minimum atomic E-state index is -3.75. The number of thiophene rings is 1. The molecule has 29 heavy (non-hydrogen) atoms. The molecule has 2 aromatic heterocycles. The first kappa shape index (κ1) is 19.7. The van der Waals surface area contributed by atoms with E-state index in [1.807, 2.05) is 42.1 Å². The zero-order chi connectivity index (χ0) is 20.8. The number of thioether (sulfide) groups is 1. The van der Waals surface area contributed by atoms with Gasteiger partial charge >= 0.3 is 0 Å². The fourth-order valence-electron chi connectivity index (χ4n) is 3.11. The summed E-state index contributed by atoms with van der Waals surface area (Å²) in [7, 11) is -1.81. The number of imidazole rings is 1. The molecule has 6 nitrogen and oxygen atoms in total. The number of hydrogen-bond acceptors (Lipinski definition) is 6. The molecule has 0 radical (unpaired) electrons. The van der Waals surface area contributed by atoms with E-state index < -0.39 is 9.84 Å². The number of nitrogens with two attached hydrogens (primary N) is 1. The summed E-state index contributed by atoms with van der Waals surface area (Å²) in [5.74, 6) is -0.135. The van der Waals surface area contributed by atoms with E-state index in [1.165, 1.54) is 29.2 Å². The Kier molecular flexibility index (Phi) is 4.97. The smallest absolute Gasteiger partial charge is 0.208 e. The van der Waals surface area contributed by atoms with Crippen molar-refractivity contribution in [3.05, 3.63) is 59.7 Å². The van der Waals surface area contributed by atoms with Crippen LogP contribution in [-0.4, -0.2) is 30.1 Å². The predicted octanol–water partition coefficient (Wildman–Crippen LogP) is 4.14. The van der Waals surface area contributed by atoms with Crippen molar-refractivity contribution >= 4 is 49.8 Å².